The molecule has 1 fully saturated rings. The number of nitrogens with zero attached hydrogens (tertiary/aromatic N) is 2. The lowest BCUT2D eigenvalue weighted by Crippen LogP contribution is -2.47. The zero-order chi connectivity index (χ0) is 24.4. The maximum absolute atomic E-state index is 14.5. The van der Waals surface area contributed by atoms with E-state index in [9.17, 15) is 9.59 Å². The zero-order valence-corrected chi connectivity index (χ0v) is 21.9. The first-order valence-corrected chi connectivity index (χ1v) is 12.8. The van der Waals surface area contributed by atoms with Gasteiger partial charge in [-0.25, -0.2) is 4.79 Å². The van der Waals surface area contributed by atoms with Gasteiger partial charge in [0.25, 0.3) is 5.91 Å². The van der Waals surface area contributed by atoms with E-state index in [4.69, 9.17) is 0 Å². The fourth-order valence-electron chi connectivity index (χ4n) is 4.69. The Hall–Kier alpha value is -3.22. The van der Waals surface area contributed by atoms with Crippen molar-refractivity contribution in [2.75, 3.05) is 0 Å². The zero-order valence-electron chi connectivity index (χ0n) is 18.8. The van der Waals surface area contributed by atoms with E-state index in [1.807, 2.05) is 109 Å². The number of halogens is 2. The molecule has 1 aliphatic heterocycles. The summed E-state index contributed by atoms with van der Waals surface area (Å²) in [5.41, 5.74) is 2.01. The average Bonchev–Trinajstić information content (AvgIpc) is 3.09. The molecule has 4 nitrogen and oxygen atoms in total. The van der Waals surface area contributed by atoms with Crippen molar-refractivity contribution in [3.63, 3.8) is 0 Å². The molecule has 0 bridgehead atoms. The highest BCUT2D eigenvalue weighted by atomic mass is 79.9. The molecule has 174 valence electrons. The second-order valence-electron chi connectivity index (χ2n) is 8.39. The van der Waals surface area contributed by atoms with Gasteiger partial charge < -0.3 is 0 Å². The summed E-state index contributed by atoms with van der Waals surface area (Å²) in [6, 6.07) is 34.3. The fraction of sp³-hybridized carbons (Fsp3) is 0.103. The standard InChI is InChI=1S/C29H22Br2N2O2/c30-25-17-9-7-11-21(25)19-32-27(34)29(23-13-3-1-4-14-23,24-15-5-2-6-16-24)33(28(32)35)20-22-12-8-10-18-26(22)31/h1-18H,19-20H2. The molecule has 0 N–H and O–H groups in total. The third-order valence-corrected chi connectivity index (χ3v) is 7.92. The van der Waals surface area contributed by atoms with Gasteiger partial charge in [0.1, 0.15) is 0 Å². The lowest BCUT2D eigenvalue weighted by Gasteiger charge is -2.36. The topological polar surface area (TPSA) is 40.6 Å². The van der Waals surface area contributed by atoms with Crippen LogP contribution in [0.1, 0.15) is 22.3 Å². The third kappa shape index (κ3) is 4.11. The number of benzene rings is 4. The highest BCUT2D eigenvalue weighted by Gasteiger charge is 2.59. The van der Waals surface area contributed by atoms with Gasteiger partial charge >= 0.3 is 6.03 Å². The number of urea groups is 1. The summed E-state index contributed by atoms with van der Waals surface area (Å²) in [7, 11) is 0. The average molecular weight is 590 g/mol. The molecule has 35 heavy (non-hydrogen) atoms. The smallest absolute Gasteiger partial charge is 0.297 e. The molecule has 1 aliphatic rings. The molecule has 3 amide bonds. The Bertz CT molecular complexity index is 1340. The predicted octanol–water partition coefficient (Wildman–Crippen LogP) is 7.12. The molecule has 4 aromatic carbocycles. The summed E-state index contributed by atoms with van der Waals surface area (Å²) in [5.74, 6) is -0.261. The molecule has 1 heterocycles. The largest absolute Gasteiger partial charge is 0.328 e. The van der Waals surface area contributed by atoms with Crippen LogP contribution in [0.15, 0.2) is 118 Å². The maximum atomic E-state index is 14.5. The Morgan fingerprint density at radius 3 is 1.49 bits per heavy atom. The molecule has 0 spiro atoms. The summed E-state index contributed by atoms with van der Waals surface area (Å²) >= 11 is 7.20. The van der Waals surface area contributed by atoms with E-state index >= 15 is 0 Å². The maximum Gasteiger partial charge on any atom is 0.328 e. The molecular weight excluding hydrogens is 568 g/mol. The SMILES string of the molecule is O=C1N(Cc2ccccc2Br)C(=O)C(c2ccccc2)(c2ccccc2)N1Cc1ccccc1Br. The van der Waals surface area contributed by atoms with E-state index in [0.29, 0.717) is 0 Å². The number of carbonyl (C=O) groups is 2. The molecule has 5 rings (SSSR count). The molecule has 1 saturated heterocycles. The lowest BCUT2D eigenvalue weighted by atomic mass is 9.81. The molecule has 0 aliphatic carbocycles. The Balaban J connectivity index is 1.72. The summed E-state index contributed by atoms with van der Waals surface area (Å²) in [6.07, 6.45) is 0. The Morgan fingerprint density at radius 2 is 1.00 bits per heavy atom. The number of rotatable bonds is 6. The van der Waals surface area contributed by atoms with Crippen molar-refractivity contribution in [2.24, 2.45) is 0 Å². The number of carbonyl (C=O) groups excluding carboxylic acids is 2. The van der Waals surface area contributed by atoms with Gasteiger partial charge in [0.15, 0.2) is 5.54 Å². The summed E-state index contributed by atoms with van der Waals surface area (Å²) < 4.78 is 1.74. The summed E-state index contributed by atoms with van der Waals surface area (Å²) in [5, 5.41) is 0. The van der Waals surface area contributed by atoms with Crippen LogP contribution in [0.5, 0.6) is 0 Å². The first-order chi connectivity index (χ1) is 17.0. The highest BCUT2D eigenvalue weighted by molar-refractivity contribution is 9.10. The number of hydrogen-bond donors (Lipinski definition) is 0. The first-order valence-electron chi connectivity index (χ1n) is 11.2. The van der Waals surface area contributed by atoms with Crippen LogP contribution in [0, 0.1) is 0 Å². The van der Waals surface area contributed by atoms with E-state index in [-0.39, 0.29) is 25.0 Å². The van der Waals surface area contributed by atoms with Crippen molar-refractivity contribution < 1.29 is 9.59 Å². The van der Waals surface area contributed by atoms with Gasteiger partial charge in [-0.05, 0) is 34.4 Å². The Morgan fingerprint density at radius 1 is 0.571 bits per heavy atom. The van der Waals surface area contributed by atoms with Crippen molar-refractivity contribution in [1.82, 2.24) is 9.80 Å². The minimum atomic E-state index is -1.30. The van der Waals surface area contributed by atoms with Crippen molar-refractivity contribution in [3.8, 4) is 0 Å². The molecule has 0 aromatic heterocycles. The lowest BCUT2D eigenvalue weighted by molar-refractivity contribution is -0.132. The van der Waals surface area contributed by atoms with Crippen LogP contribution < -0.4 is 0 Å². The van der Waals surface area contributed by atoms with Crippen molar-refractivity contribution in [1.29, 1.82) is 0 Å². The van der Waals surface area contributed by atoms with Crippen molar-refractivity contribution >= 4 is 43.8 Å². The van der Waals surface area contributed by atoms with Crippen molar-refractivity contribution in [3.05, 3.63) is 140 Å². The summed E-state index contributed by atoms with van der Waals surface area (Å²) in [4.78, 5) is 31.7. The normalized spacial score (nSPS) is 15.0. The second kappa shape index (κ2) is 9.80. The first kappa shape index (κ1) is 23.5. The van der Waals surface area contributed by atoms with Gasteiger partial charge in [0.05, 0.1) is 13.1 Å². The van der Waals surface area contributed by atoms with E-state index in [1.165, 1.54) is 4.90 Å². The molecular formula is C29H22Br2N2O2. The Kier molecular flexibility index (Phi) is 6.58. The molecule has 0 atom stereocenters. The molecule has 0 unspecified atom stereocenters. The van der Waals surface area contributed by atoms with Crippen LogP contribution in [0.3, 0.4) is 0 Å². The third-order valence-electron chi connectivity index (χ3n) is 6.38. The van der Waals surface area contributed by atoms with Gasteiger partial charge in [-0.15, -0.1) is 0 Å². The monoisotopic (exact) mass is 588 g/mol. The van der Waals surface area contributed by atoms with E-state index < -0.39 is 5.54 Å². The van der Waals surface area contributed by atoms with E-state index in [2.05, 4.69) is 31.9 Å². The highest BCUT2D eigenvalue weighted by Crippen LogP contribution is 2.45. The number of amides is 3. The number of imide groups is 1. The van der Waals surface area contributed by atoms with Gasteiger partial charge in [-0.1, -0.05) is 129 Å². The van der Waals surface area contributed by atoms with Crippen LogP contribution >= 0.6 is 31.9 Å². The van der Waals surface area contributed by atoms with Crippen LogP contribution in [0.2, 0.25) is 0 Å². The van der Waals surface area contributed by atoms with Gasteiger partial charge in [0.2, 0.25) is 0 Å². The minimum Gasteiger partial charge on any atom is -0.297 e. The van der Waals surface area contributed by atoms with Crippen LogP contribution in [-0.4, -0.2) is 21.7 Å². The van der Waals surface area contributed by atoms with Crippen molar-refractivity contribution in [2.45, 2.75) is 18.6 Å². The molecule has 4 aromatic rings. The van der Waals surface area contributed by atoms with Crippen LogP contribution in [0.25, 0.3) is 0 Å². The minimum absolute atomic E-state index is 0.174. The quantitative estimate of drug-likeness (QED) is 0.225. The molecule has 0 radical (unpaired) electrons. The molecule has 6 heteroatoms. The van der Waals surface area contributed by atoms with E-state index in [0.717, 1.165) is 31.2 Å². The fourth-order valence-corrected chi connectivity index (χ4v) is 5.51. The Labute approximate surface area is 221 Å². The second-order valence-corrected chi connectivity index (χ2v) is 10.1. The predicted molar refractivity (Wildman–Crippen MR) is 143 cm³/mol. The van der Waals surface area contributed by atoms with Crippen LogP contribution in [0.4, 0.5) is 4.79 Å². The molecule has 0 saturated carbocycles. The van der Waals surface area contributed by atoms with Crippen LogP contribution in [-0.2, 0) is 23.4 Å². The van der Waals surface area contributed by atoms with Gasteiger partial charge in [-0.2, -0.15) is 0 Å². The van der Waals surface area contributed by atoms with E-state index in [1.54, 1.807) is 4.90 Å². The summed E-state index contributed by atoms with van der Waals surface area (Å²) in [6.45, 7) is 0.440. The van der Waals surface area contributed by atoms with Gasteiger partial charge in [0, 0.05) is 8.95 Å². The van der Waals surface area contributed by atoms with Gasteiger partial charge in [-0.3, -0.25) is 14.6 Å². The number of hydrogen-bond acceptors (Lipinski definition) is 2.